The van der Waals surface area contributed by atoms with Gasteiger partial charge < -0.3 is 20.0 Å². The van der Waals surface area contributed by atoms with Crippen molar-refractivity contribution in [2.45, 2.75) is 37.6 Å². The van der Waals surface area contributed by atoms with Crippen LogP contribution >= 0.6 is 0 Å². The first-order chi connectivity index (χ1) is 17.0. The third-order valence-corrected chi connectivity index (χ3v) is 7.17. The molecule has 2 saturated heterocycles. The molecule has 35 heavy (non-hydrogen) atoms. The van der Waals surface area contributed by atoms with Gasteiger partial charge >= 0.3 is 0 Å². The largest absolute Gasteiger partial charge is 0.351 e. The van der Waals surface area contributed by atoms with Crippen LogP contribution in [0.5, 0.6) is 0 Å². The molecule has 1 atom stereocenters. The van der Waals surface area contributed by atoms with Crippen molar-refractivity contribution in [3.8, 4) is 0 Å². The van der Waals surface area contributed by atoms with Crippen LogP contribution in [-0.2, 0) is 14.4 Å². The summed E-state index contributed by atoms with van der Waals surface area (Å²) < 4.78 is 0. The topological polar surface area (TPSA) is 73.0 Å². The average molecular weight is 475 g/mol. The second-order valence-corrected chi connectivity index (χ2v) is 9.23. The van der Waals surface area contributed by atoms with Crippen molar-refractivity contribution in [3.05, 3.63) is 78.9 Å². The van der Waals surface area contributed by atoms with Crippen LogP contribution in [0.1, 0.15) is 37.7 Å². The molecule has 1 unspecified atom stereocenters. The molecule has 0 saturated carbocycles. The van der Waals surface area contributed by atoms with Gasteiger partial charge in [-0.3, -0.25) is 14.4 Å². The highest BCUT2D eigenvalue weighted by atomic mass is 16.2. The summed E-state index contributed by atoms with van der Waals surface area (Å²) in [5.41, 5.74) is 1.22. The summed E-state index contributed by atoms with van der Waals surface area (Å²) in [7, 11) is 0. The highest BCUT2D eigenvalue weighted by molar-refractivity contribution is 5.96. The zero-order valence-corrected chi connectivity index (χ0v) is 20.4. The lowest BCUT2D eigenvalue weighted by molar-refractivity contribution is -0.140. The first kappa shape index (κ1) is 24.5. The minimum atomic E-state index is -0.759. The van der Waals surface area contributed by atoms with E-state index in [9.17, 15) is 14.4 Å². The van der Waals surface area contributed by atoms with Crippen molar-refractivity contribution in [1.29, 1.82) is 0 Å². The molecule has 1 N–H and O–H groups in total. The zero-order chi connectivity index (χ0) is 24.8. The number of hydrogen-bond donors (Lipinski definition) is 1. The Labute approximate surface area is 207 Å². The van der Waals surface area contributed by atoms with Crippen molar-refractivity contribution in [2.24, 2.45) is 0 Å². The molecule has 0 aliphatic carbocycles. The number of nitrogens with one attached hydrogen (secondary N) is 1. The molecule has 2 fully saturated rings. The molecule has 1 spiro atoms. The molecule has 2 aliphatic rings. The van der Waals surface area contributed by atoms with Gasteiger partial charge in [-0.2, -0.15) is 0 Å². The highest BCUT2D eigenvalue weighted by Crippen LogP contribution is 2.40. The van der Waals surface area contributed by atoms with Gasteiger partial charge in [0.1, 0.15) is 12.1 Å². The van der Waals surface area contributed by atoms with Crippen LogP contribution in [0, 0.1) is 0 Å². The van der Waals surface area contributed by atoms with Crippen molar-refractivity contribution < 1.29 is 14.4 Å². The average Bonchev–Trinajstić information content (AvgIpc) is 3.15. The normalized spacial score (nSPS) is 18.0. The minimum Gasteiger partial charge on any atom is -0.351 e. The number of benzene rings is 2. The van der Waals surface area contributed by atoms with Crippen LogP contribution in [0.2, 0.25) is 0 Å². The molecule has 0 bridgehead atoms. The molecule has 3 amide bonds. The van der Waals surface area contributed by atoms with Gasteiger partial charge in [0.15, 0.2) is 0 Å². The molecule has 2 aliphatic heterocycles. The molecule has 0 aromatic heterocycles. The van der Waals surface area contributed by atoms with Crippen LogP contribution < -0.4 is 10.2 Å². The Morgan fingerprint density at radius 2 is 1.69 bits per heavy atom. The summed E-state index contributed by atoms with van der Waals surface area (Å²) in [4.78, 5) is 45.2. The van der Waals surface area contributed by atoms with Crippen molar-refractivity contribution in [3.63, 3.8) is 0 Å². The molecule has 0 radical (unpaired) electrons. The maximum absolute atomic E-state index is 13.7. The lowest BCUT2D eigenvalue weighted by Gasteiger charge is -2.44. The predicted molar refractivity (Wildman–Crippen MR) is 137 cm³/mol. The van der Waals surface area contributed by atoms with E-state index < -0.39 is 5.54 Å². The number of hydrogen-bond acceptors (Lipinski definition) is 4. The number of anilines is 1. The third-order valence-electron chi connectivity index (χ3n) is 7.17. The molecule has 184 valence electrons. The van der Waals surface area contributed by atoms with E-state index in [0.717, 1.165) is 17.7 Å². The van der Waals surface area contributed by atoms with Gasteiger partial charge in [-0.25, -0.2) is 0 Å². The van der Waals surface area contributed by atoms with Gasteiger partial charge in [-0.05, 0) is 37.0 Å². The van der Waals surface area contributed by atoms with E-state index in [4.69, 9.17) is 0 Å². The highest BCUT2D eigenvalue weighted by Gasteiger charge is 2.54. The molecule has 2 aromatic rings. The van der Waals surface area contributed by atoms with E-state index in [-0.39, 0.29) is 30.2 Å². The monoisotopic (exact) mass is 474 g/mol. The third kappa shape index (κ3) is 4.94. The standard InChI is InChI=1S/C28H34N4O3/c1-3-17-29-25(33)20-31-21-32(23-13-9-6-10-14-23)28(27(31)35)15-18-30(19-16-28)26(34)24(4-2)22-11-7-5-8-12-22/h3,5-14,24H,1,4,15-21H2,2H3,(H,29,33). The lowest BCUT2D eigenvalue weighted by Crippen LogP contribution is -2.58. The van der Waals surface area contributed by atoms with Crippen LogP contribution in [-0.4, -0.2) is 65.9 Å². The fraction of sp³-hybridized carbons (Fsp3) is 0.393. The Bertz CT molecular complexity index is 1050. The predicted octanol–water partition coefficient (Wildman–Crippen LogP) is 3.15. The van der Waals surface area contributed by atoms with E-state index in [1.54, 1.807) is 11.0 Å². The van der Waals surface area contributed by atoms with Gasteiger partial charge in [0, 0.05) is 25.3 Å². The number of piperidine rings is 1. The van der Waals surface area contributed by atoms with Crippen molar-refractivity contribution in [2.75, 3.05) is 37.7 Å². The van der Waals surface area contributed by atoms with Gasteiger partial charge in [0.05, 0.1) is 12.6 Å². The van der Waals surface area contributed by atoms with Gasteiger partial charge in [0.2, 0.25) is 11.8 Å². The van der Waals surface area contributed by atoms with Crippen molar-refractivity contribution in [1.82, 2.24) is 15.1 Å². The second-order valence-electron chi connectivity index (χ2n) is 9.23. The SMILES string of the molecule is C=CCNC(=O)CN1CN(c2ccccc2)C2(CCN(C(=O)C(CC)c3ccccc3)CC2)C1=O. The summed E-state index contributed by atoms with van der Waals surface area (Å²) in [5, 5.41) is 2.76. The van der Waals surface area contributed by atoms with Gasteiger partial charge in [-0.1, -0.05) is 61.5 Å². The molecule has 7 nitrogen and oxygen atoms in total. The van der Waals surface area contributed by atoms with Crippen LogP contribution in [0.4, 0.5) is 5.69 Å². The Kier molecular flexibility index (Phi) is 7.54. The zero-order valence-electron chi connectivity index (χ0n) is 20.4. The second kappa shape index (κ2) is 10.8. The Balaban J connectivity index is 1.53. The lowest BCUT2D eigenvalue weighted by atomic mass is 9.84. The fourth-order valence-electron chi connectivity index (χ4n) is 5.29. The number of para-hydroxylation sites is 1. The smallest absolute Gasteiger partial charge is 0.250 e. The number of amides is 3. The maximum Gasteiger partial charge on any atom is 0.250 e. The van der Waals surface area contributed by atoms with Crippen molar-refractivity contribution >= 4 is 23.4 Å². The van der Waals surface area contributed by atoms with Crippen LogP contribution in [0.3, 0.4) is 0 Å². The number of nitrogens with zero attached hydrogens (tertiary/aromatic N) is 3. The van der Waals surface area contributed by atoms with E-state index in [0.29, 0.717) is 39.1 Å². The molecular weight excluding hydrogens is 440 g/mol. The van der Waals surface area contributed by atoms with E-state index in [1.165, 1.54) is 0 Å². The maximum atomic E-state index is 13.7. The van der Waals surface area contributed by atoms with E-state index in [1.807, 2.05) is 72.5 Å². The number of carbonyl (C=O) groups is 3. The number of rotatable bonds is 8. The minimum absolute atomic E-state index is 0.00627. The first-order valence-corrected chi connectivity index (χ1v) is 12.3. The molecule has 2 heterocycles. The van der Waals surface area contributed by atoms with Gasteiger partial charge in [0.25, 0.3) is 5.91 Å². The summed E-state index contributed by atoms with van der Waals surface area (Å²) in [6.07, 6.45) is 3.41. The van der Waals surface area contributed by atoms with Gasteiger partial charge in [-0.15, -0.1) is 6.58 Å². The first-order valence-electron chi connectivity index (χ1n) is 12.3. The van der Waals surface area contributed by atoms with E-state index >= 15 is 0 Å². The summed E-state index contributed by atoms with van der Waals surface area (Å²) >= 11 is 0. The Morgan fingerprint density at radius 3 is 2.29 bits per heavy atom. The molecule has 7 heteroatoms. The summed E-state index contributed by atoms with van der Waals surface area (Å²) in [6.45, 7) is 7.39. The molecular formula is C28H34N4O3. The van der Waals surface area contributed by atoms with E-state index in [2.05, 4.69) is 16.8 Å². The Hall–Kier alpha value is -3.61. The molecule has 2 aromatic carbocycles. The quantitative estimate of drug-likeness (QED) is 0.597. The summed E-state index contributed by atoms with van der Waals surface area (Å²) in [6, 6.07) is 19.7. The number of carbonyl (C=O) groups excluding carboxylic acids is 3. The summed E-state index contributed by atoms with van der Waals surface area (Å²) in [5.74, 6) is -0.312. The Morgan fingerprint density at radius 1 is 1.06 bits per heavy atom. The van der Waals surface area contributed by atoms with Crippen LogP contribution in [0.15, 0.2) is 73.3 Å². The van der Waals surface area contributed by atoms with Crippen LogP contribution in [0.25, 0.3) is 0 Å². The number of likely N-dealkylation sites (tertiary alicyclic amines) is 1. The fourth-order valence-corrected chi connectivity index (χ4v) is 5.29. The molecule has 4 rings (SSSR count).